The first kappa shape index (κ1) is 13.8. The molecule has 0 radical (unpaired) electrons. The summed E-state index contributed by atoms with van der Waals surface area (Å²) in [5.74, 6) is -0.152. The Balaban J connectivity index is 1.59. The minimum absolute atomic E-state index is 0.0597. The molecule has 2 aromatic rings. The molecule has 110 valence electrons. The van der Waals surface area contributed by atoms with Gasteiger partial charge in [-0.05, 0) is 31.2 Å². The van der Waals surface area contributed by atoms with Crippen LogP contribution in [-0.2, 0) is 9.53 Å². The summed E-state index contributed by atoms with van der Waals surface area (Å²) in [5.41, 5.74) is 1.41. The smallest absolute Gasteiger partial charge is 0.250 e. The summed E-state index contributed by atoms with van der Waals surface area (Å²) < 4.78 is 7.35. The van der Waals surface area contributed by atoms with Gasteiger partial charge in [0.1, 0.15) is 6.61 Å². The highest BCUT2D eigenvalue weighted by Crippen LogP contribution is 2.16. The fourth-order valence-corrected chi connectivity index (χ4v) is 2.16. The van der Waals surface area contributed by atoms with Crippen LogP contribution >= 0.6 is 0 Å². The van der Waals surface area contributed by atoms with Crippen molar-refractivity contribution < 1.29 is 9.53 Å². The molecule has 1 aromatic heterocycles. The lowest BCUT2D eigenvalue weighted by Gasteiger charge is -2.38. The predicted molar refractivity (Wildman–Crippen MR) is 79.4 cm³/mol. The molecule has 0 unspecified atom stereocenters. The summed E-state index contributed by atoms with van der Waals surface area (Å²) in [4.78, 5) is 11.9. The van der Waals surface area contributed by atoms with Gasteiger partial charge in [-0.25, -0.2) is 4.68 Å². The van der Waals surface area contributed by atoms with Gasteiger partial charge in [-0.2, -0.15) is 5.10 Å². The fourth-order valence-electron chi connectivity index (χ4n) is 2.16. The van der Waals surface area contributed by atoms with E-state index in [0.717, 1.165) is 24.5 Å². The van der Waals surface area contributed by atoms with Crippen molar-refractivity contribution in [2.24, 2.45) is 0 Å². The number of rotatable bonds is 5. The molecule has 0 spiro atoms. The molecule has 6 heteroatoms. The maximum absolute atomic E-state index is 11.9. The third-order valence-corrected chi connectivity index (χ3v) is 3.45. The maximum atomic E-state index is 11.9. The summed E-state index contributed by atoms with van der Waals surface area (Å²) in [5, 5.41) is 10.1. The summed E-state index contributed by atoms with van der Waals surface area (Å²) in [6.45, 7) is 3.63. The summed E-state index contributed by atoms with van der Waals surface area (Å²) >= 11 is 0. The van der Waals surface area contributed by atoms with Crippen LogP contribution in [0.5, 0.6) is 0 Å². The van der Waals surface area contributed by atoms with E-state index in [0.29, 0.717) is 0 Å². The number of aromatic nitrogens is 2. The zero-order valence-corrected chi connectivity index (χ0v) is 11.9. The lowest BCUT2D eigenvalue weighted by molar-refractivity contribution is -0.130. The Morgan fingerprint density at radius 2 is 2.33 bits per heavy atom. The molecule has 1 amide bonds. The first-order chi connectivity index (χ1) is 10.1. The van der Waals surface area contributed by atoms with Crippen molar-refractivity contribution in [3.8, 4) is 5.69 Å². The molecule has 1 aromatic carbocycles. The highest BCUT2D eigenvalue weighted by molar-refractivity contribution is 5.92. The second-order valence-electron chi connectivity index (χ2n) is 5.39. The highest BCUT2D eigenvalue weighted by Gasteiger charge is 2.32. The standard InChI is InChI=1S/C15H18N4O2/c1-15(10-16-11-15)21-9-14(20)18-12-4-2-5-13(8-12)19-7-3-6-17-19/h2-8,16H,9-11H2,1H3,(H,18,20). The van der Waals surface area contributed by atoms with Crippen LogP contribution in [0.4, 0.5) is 5.69 Å². The van der Waals surface area contributed by atoms with Crippen molar-refractivity contribution in [2.45, 2.75) is 12.5 Å². The molecule has 0 bridgehead atoms. The van der Waals surface area contributed by atoms with E-state index in [9.17, 15) is 4.79 Å². The van der Waals surface area contributed by atoms with Crippen molar-refractivity contribution in [2.75, 3.05) is 25.0 Å². The van der Waals surface area contributed by atoms with Crippen LogP contribution in [0.25, 0.3) is 5.69 Å². The Kier molecular flexibility index (Phi) is 3.72. The van der Waals surface area contributed by atoms with Crippen LogP contribution in [0.15, 0.2) is 42.7 Å². The van der Waals surface area contributed by atoms with Crippen LogP contribution in [-0.4, -0.2) is 41.0 Å². The Labute approximate surface area is 123 Å². The minimum Gasteiger partial charge on any atom is -0.363 e. The van der Waals surface area contributed by atoms with Gasteiger partial charge in [0.25, 0.3) is 0 Å². The molecule has 2 N–H and O–H groups in total. The van der Waals surface area contributed by atoms with E-state index >= 15 is 0 Å². The topological polar surface area (TPSA) is 68.2 Å². The third-order valence-electron chi connectivity index (χ3n) is 3.45. The number of nitrogens with one attached hydrogen (secondary N) is 2. The van der Waals surface area contributed by atoms with Gasteiger partial charge in [0.2, 0.25) is 5.91 Å². The van der Waals surface area contributed by atoms with Gasteiger partial charge < -0.3 is 15.4 Å². The largest absolute Gasteiger partial charge is 0.363 e. The molecule has 1 aliphatic heterocycles. The van der Waals surface area contributed by atoms with Gasteiger partial charge in [-0.3, -0.25) is 4.79 Å². The second-order valence-corrected chi connectivity index (χ2v) is 5.39. The fraction of sp³-hybridized carbons (Fsp3) is 0.333. The van der Waals surface area contributed by atoms with Crippen molar-refractivity contribution in [1.82, 2.24) is 15.1 Å². The molecule has 0 saturated carbocycles. The zero-order chi connectivity index (χ0) is 14.7. The number of carbonyl (C=O) groups is 1. The molecule has 1 fully saturated rings. The highest BCUT2D eigenvalue weighted by atomic mass is 16.5. The Morgan fingerprint density at radius 1 is 1.48 bits per heavy atom. The molecular formula is C15H18N4O2. The molecule has 0 aliphatic carbocycles. The van der Waals surface area contributed by atoms with Crippen molar-refractivity contribution in [3.63, 3.8) is 0 Å². The minimum atomic E-state index is -0.214. The van der Waals surface area contributed by atoms with Gasteiger partial charge in [-0.1, -0.05) is 6.07 Å². The summed E-state index contributed by atoms with van der Waals surface area (Å²) in [6, 6.07) is 9.38. The molecule has 21 heavy (non-hydrogen) atoms. The van der Waals surface area contributed by atoms with E-state index in [1.165, 1.54) is 0 Å². The molecule has 1 aliphatic rings. The van der Waals surface area contributed by atoms with E-state index in [1.807, 2.05) is 43.5 Å². The van der Waals surface area contributed by atoms with Gasteiger partial charge in [0, 0.05) is 31.2 Å². The number of nitrogens with zero attached hydrogens (tertiary/aromatic N) is 2. The number of benzene rings is 1. The number of anilines is 1. The first-order valence-electron chi connectivity index (χ1n) is 6.89. The summed E-state index contributed by atoms with van der Waals surface area (Å²) in [6.07, 6.45) is 3.57. The van der Waals surface area contributed by atoms with Crippen LogP contribution in [0.1, 0.15) is 6.92 Å². The number of hydrogen-bond acceptors (Lipinski definition) is 4. The van der Waals surface area contributed by atoms with E-state index < -0.39 is 0 Å². The van der Waals surface area contributed by atoms with Crippen molar-refractivity contribution in [3.05, 3.63) is 42.7 Å². The lowest BCUT2D eigenvalue weighted by Crippen LogP contribution is -2.59. The number of ether oxygens (including phenoxy) is 1. The van der Waals surface area contributed by atoms with Crippen LogP contribution in [0.2, 0.25) is 0 Å². The number of amides is 1. The maximum Gasteiger partial charge on any atom is 0.250 e. The van der Waals surface area contributed by atoms with E-state index in [4.69, 9.17) is 4.74 Å². The van der Waals surface area contributed by atoms with Gasteiger partial charge in [0.05, 0.1) is 11.3 Å². The third kappa shape index (κ3) is 3.29. The molecule has 3 rings (SSSR count). The number of hydrogen-bond donors (Lipinski definition) is 2. The Morgan fingerprint density at radius 3 is 3.00 bits per heavy atom. The van der Waals surface area contributed by atoms with Crippen molar-refractivity contribution >= 4 is 11.6 Å². The van der Waals surface area contributed by atoms with Crippen molar-refractivity contribution in [1.29, 1.82) is 0 Å². The SMILES string of the molecule is CC1(OCC(=O)Nc2cccc(-n3cccn3)c2)CNC1. The van der Waals surface area contributed by atoms with E-state index in [1.54, 1.807) is 10.9 Å². The van der Waals surface area contributed by atoms with Crippen LogP contribution in [0.3, 0.4) is 0 Å². The average Bonchev–Trinajstić information content (AvgIpc) is 2.97. The molecule has 6 nitrogen and oxygen atoms in total. The zero-order valence-electron chi connectivity index (χ0n) is 11.9. The van der Waals surface area contributed by atoms with Crippen LogP contribution in [0, 0.1) is 0 Å². The van der Waals surface area contributed by atoms with Gasteiger partial charge in [0.15, 0.2) is 0 Å². The number of carbonyl (C=O) groups excluding carboxylic acids is 1. The van der Waals surface area contributed by atoms with E-state index in [-0.39, 0.29) is 18.1 Å². The molecule has 1 saturated heterocycles. The predicted octanol–water partition coefficient (Wildman–Crippen LogP) is 1.19. The first-order valence-corrected chi connectivity index (χ1v) is 6.89. The van der Waals surface area contributed by atoms with Gasteiger partial charge in [-0.15, -0.1) is 0 Å². The summed E-state index contributed by atoms with van der Waals surface area (Å²) in [7, 11) is 0. The lowest BCUT2D eigenvalue weighted by atomic mass is 10.0. The van der Waals surface area contributed by atoms with Crippen LogP contribution < -0.4 is 10.6 Å². The molecule has 2 heterocycles. The molecule has 0 atom stereocenters. The second kappa shape index (κ2) is 5.67. The monoisotopic (exact) mass is 286 g/mol. The average molecular weight is 286 g/mol. The Bertz CT molecular complexity index is 620. The van der Waals surface area contributed by atoms with E-state index in [2.05, 4.69) is 15.7 Å². The Hall–Kier alpha value is -2.18. The van der Waals surface area contributed by atoms with Gasteiger partial charge >= 0.3 is 0 Å². The quantitative estimate of drug-likeness (QED) is 0.866. The normalized spacial score (nSPS) is 16.2. The molecular weight excluding hydrogens is 268 g/mol.